The first-order chi connectivity index (χ1) is 14.5. The highest BCUT2D eigenvalue weighted by atomic mass is 32.2. The van der Waals surface area contributed by atoms with Crippen LogP contribution in [0.1, 0.15) is 5.56 Å². The van der Waals surface area contributed by atoms with Crippen LogP contribution in [-0.4, -0.2) is 13.0 Å². The molecule has 0 spiro atoms. The molecule has 152 valence electrons. The van der Waals surface area contributed by atoms with Crippen LogP contribution in [0.2, 0.25) is 0 Å². The van der Waals surface area contributed by atoms with E-state index in [1.54, 1.807) is 30.3 Å². The molecule has 3 nitrogen and oxygen atoms in total. The highest BCUT2D eigenvalue weighted by molar-refractivity contribution is 7.97. The van der Waals surface area contributed by atoms with Gasteiger partial charge in [-0.05, 0) is 42.0 Å². The van der Waals surface area contributed by atoms with Crippen molar-refractivity contribution in [1.29, 1.82) is 0 Å². The maximum Gasteiger partial charge on any atom is 0.166 e. The lowest BCUT2D eigenvalue weighted by Crippen LogP contribution is -2.04. The molecule has 0 aliphatic carbocycles. The second-order valence-electron chi connectivity index (χ2n) is 6.43. The van der Waals surface area contributed by atoms with Gasteiger partial charge in [-0.1, -0.05) is 84.9 Å². The first kappa shape index (κ1) is 21.8. The molecule has 0 radical (unpaired) electrons. The van der Waals surface area contributed by atoms with Gasteiger partial charge in [-0.3, -0.25) is 0 Å². The van der Waals surface area contributed by atoms with Gasteiger partial charge in [0.15, 0.2) is 14.7 Å². The average Bonchev–Trinajstić information content (AvgIpc) is 2.76. The smallest absolute Gasteiger partial charge is 0.166 e. The molecule has 5 heteroatoms. The summed E-state index contributed by atoms with van der Waals surface area (Å²) >= 11 is 0. The lowest BCUT2D eigenvalue weighted by molar-refractivity contribution is 0.462. The summed E-state index contributed by atoms with van der Waals surface area (Å²) < 4.78 is 30.7. The van der Waals surface area contributed by atoms with Crippen LogP contribution in [0.15, 0.2) is 136 Å². The van der Waals surface area contributed by atoms with Gasteiger partial charge in [0.05, 0.1) is 26.8 Å². The molecule has 0 amide bonds. The summed E-state index contributed by atoms with van der Waals surface area (Å²) in [4.78, 5) is 4.08. The summed E-state index contributed by atoms with van der Waals surface area (Å²) in [5.41, 5.74) is 0.530. The first-order valence-corrected chi connectivity index (χ1v) is 12.2. The topological polar surface area (TPSA) is 57.2 Å². The number of hydrogen-bond donors (Lipinski definition) is 0. The third-order valence-electron chi connectivity index (χ3n) is 4.12. The van der Waals surface area contributed by atoms with Crippen molar-refractivity contribution in [2.45, 2.75) is 20.4 Å². The largest absolute Gasteiger partial charge is 0.748 e. The molecule has 0 N–H and O–H groups in total. The van der Waals surface area contributed by atoms with E-state index in [2.05, 4.69) is 91.0 Å². The van der Waals surface area contributed by atoms with Crippen molar-refractivity contribution in [3.8, 4) is 0 Å². The molecule has 0 aromatic heterocycles. The van der Waals surface area contributed by atoms with Crippen LogP contribution in [0.5, 0.6) is 0 Å². The Hall–Kier alpha value is -2.86. The molecule has 0 aliphatic rings. The molecule has 0 unspecified atom stereocenters. The zero-order valence-electron chi connectivity index (χ0n) is 16.3. The van der Waals surface area contributed by atoms with E-state index in [-0.39, 0.29) is 10.9 Å². The number of benzene rings is 4. The molecule has 0 saturated heterocycles. The Morgan fingerprint density at radius 2 is 0.833 bits per heavy atom. The van der Waals surface area contributed by atoms with Crippen LogP contribution in [0.25, 0.3) is 0 Å². The second kappa shape index (κ2) is 10.8. The van der Waals surface area contributed by atoms with Crippen molar-refractivity contribution in [3.05, 3.63) is 127 Å². The summed E-state index contributed by atoms with van der Waals surface area (Å²) in [5.74, 6) is -0.423. The molecule has 0 fully saturated rings. The van der Waals surface area contributed by atoms with Crippen LogP contribution in [0, 0.1) is 0 Å². The number of hydrogen-bond acceptors (Lipinski definition) is 3. The Bertz CT molecular complexity index is 1020. The highest BCUT2D eigenvalue weighted by Gasteiger charge is 2.27. The molecule has 0 saturated carbocycles. The normalized spacial score (nSPS) is 10.9. The summed E-state index contributed by atoms with van der Waals surface area (Å²) in [6.07, 6.45) is 0. The summed E-state index contributed by atoms with van der Waals surface area (Å²) in [5, 5.41) is 0. The molecular formula is C25H22O3S2. The van der Waals surface area contributed by atoms with Crippen molar-refractivity contribution in [1.82, 2.24) is 0 Å². The maximum absolute atomic E-state index is 10.2. The molecule has 0 aliphatic heterocycles. The van der Waals surface area contributed by atoms with Gasteiger partial charge >= 0.3 is 0 Å². The zero-order chi connectivity index (χ0) is 21.2. The van der Waals surface area contributed by atoms with Crippen LogP contribution in [-0.2, 0) is 26.8 Å². The highest BCUT2D eigenvalue weighted by Crippen LogP contribution is 2.30. The lowest BCUT2D eigenvalue weighted by atomic mass is 10.2. The third kappa shape index (κ3) is 6.88. The molecule has 4 rings (SSSR count). The summed E-state index contributed by atoms with van der Waals surface area (Å²) in [7, 11) is -4.14. The van der Waals surface area contributed by atoms with Gasteiger partial charge in [-0.15, -0.1) is 0 Å². The first-order valence-electron chi connectivity index (χ1n) is 9.40. The van der Waals surface area contributed by atoms with E-state index < -0.39 is 15.9 Å². The molecule has 0 atom stereocenters. The van der Waals surface area contributed by atoms with Gasteiger partial charge in [-0.2, -0.15) is 0 Å². The summed E-state index contributed by atoms with van der Waals surface area (Å²) in [6, 6.07) is 40.5. The Morgan fingerprint density at radius 1 is 0.533 bits per heavy atom. The predicted molar refractivity (Wildman–Crippen MR) is 121 cm³/mol. The van der Waals surface area contributed by atoms with E-state index in [1.165, 1.54) is 14.7 Å². The van der Waals surface area contributed by atoms with E-state index in [1.807, 2.05) is 0 Å². The maximum atomic E-state index is 10.2. The van der Waals surface area contributed by atoms with Crippen LogP contribution in [0.4, 0.5) is 0 Å². The Labute approximate surface area is 181 Å². The van der Waals surface area contributed by atoms with Crippen molar-refractivity contribution in [2.24, 2.45) is 0 Å². The number of rotatable bonds is 5. The fourth-order valence-corrected chi connectivity index (χ4v) is 5.56. The minimum atomic E-state index is -4.13. The van der Waals surface area contributed by atoms with Gasteiger partial charge in [-0.25, -0.2) is 8.42 Å². The fourth-order valence-electron chi connectivity index (χ4n) is 2.86. The van der Waals surface area contributed by atoms with Gasteiger partial charge in [0, 0.05) is 0 Å². The molecule has 4 aromatic carbocycles. The van der Waals surface area contributed by atoms with E-state index in [9.17, 15) is 13.0 Å². The Kier molecular flexibility index (Phi) is 7.85. The predicted octanol–water partition coefficient (Wildman–Crippen LogP) is 5.51. The van der Waals surface area contributed by atoms with Crippen molar-refractivity contribution >= 4 is 21.0 Å². The Morgan fingerprint density at radius 3 is 1.13 bits per heavy atom. The molecule has 30 heavy (non-hydrogen) atoms. The Balaban J connectivity index is 0.000000199. The third-order valence-corrected chi connectivity index (χ3v) is 7.04. The van der Waals surface area contributed by atoms with E-state index in [0.717, 1.165) is 0 Å². The molecule has 4 aromatic rings. The van der Waals surface area contributed by atoms with E-state index in [0.29, 0.717) is 5.56 Å². The SMILES string of the molecule is O=S(=O)([O-])Cc1ccccc1.c1ccc([S+](c2ccccc2)c2ccccc2)cc1. The van der Waals surface area contributed by atoms with Gasteiger partial charge in [0.25, 0.3) is 0 Å². The molecule has 0 heterocycles. The average molecular weight is 435 g/mol. The van der Waals surface area contributed by atoms with Crippen LogP contribution >= 0.6 is 0 Å². The monoisotopic (exact) mass is 434 g/mol. The van der Waals surface area contributed by atoms with Crippen LogP contribution < -0.4 is 0 Å². The lowest BCUT2D eigenvalue weighted by Gasteiger charge is -2.07. The van der Waals surface area contributed by atoms with Crippen molar-refractivity contribution in [2.75, 3.05) is 0 Å². The van der Waals surface area contributed by atoms with E-state index in [4.69, 9.17) is 0 Å². The second-order valence-corrected chi connectivity index (χ2v) is 9.86. The van der Waals surface area contributed by atoms with Crippen molar-refractivity contribution in [3.63, 3.8) is 0 Å². The quantitative estimate of drug-likeness (QED) is 0.307. The van der Waals surface area contributed by atoms with Gasteiger partial charge in [0.2, 0.25) is 0 Å². The van der Waals surface area contributed by atoms with Gasteiger partial charge < -0.3 is 4.55 Å². The molecular weight excluding hydrogens is 412 g/mol. The standard InChI is InChI=1S/C18H15S.C7H8O3S/c1-4-10-16(11-5-1)19(17-12-6-2-7-13-17)18-14-8-3-9-15-18;8-11(9,10)6-7-4-2-1-3-5-7/h1-15H;1-5H,6H2,(H,8,9,10)/q+1;/p-1. The zero-order valence-corrected chi connectivity index (χ0v) is 17.9. The van der Waals surface area contributed by atoms with Crippen LogP contribution in [0.3, 0.4) is 0 Å². The minimum absolute atomic E-state index is 0.0146. The van der Waals surface area contributed by atoms with Crippen molar-refractivity contribution < 1.29 is 13.0 Å². The fraction of sp³-hybridized carbons (Fsp3) is 0.0400. The molecule has 0 bridgehead atoms. The minimum Gasteiger partial charge on any atom is -0.748 e. The summed E-state index contributed by atoms with van der Waals surface area (Å²) in [6.45, 7) is 0. The van der Waals surface area contributed by atoms with Gasteiger partial charge in [0.1, 0.15) is 0 Å². The van der Waals surface area contributed by atoms with E-state index >= 15 is 0 Å².